The molecule has 0 heterocycles. The topological polar surface area (TPSA) is 9.23 Å². The van der Waals surface area contributed by atoms with Gasteiger partial charge in [0.2, 0.25) is 0 Å². The van der Waals surface area contributed by atoms with Gasteiger partial charge in [0.05, 0.1) is 5.60 Å². The first kappa shape index (κ1) is 14.9. The molecular weight excluding hydrogens is 200 g/mol. The van der Waals surface area contributed by atoms with E-state index in [0.29, 0.717) is 0 Å². The molecule has 0 aromatic rings. The van der Waals surface area contributed by atoms with Crippen LogP contribution in [0.25, 0.3) is 0 Å². The average molecular weight is 228 g/mol. The van der Waals surface area contributed by atoms with Crippen LogP contribution in [0, 0.1) is 0 Å². The molecular formula is C13H28OSi. The predicted molar refractivity (Wildman–Crippen MR) is 72.2 cm³/mol. The number of hydrogen-bond acceptors (Lipinski definition) is 1. The van der Waals surface area contributed by atoms with Gasteiger partial charge in [-0.15, -0.1) is 6.58 Å². The van der Waals surface area contributed by atoms with Crippen LogP contribution in [0.2, 0.25) is 0 Å². The maximum Gasteiger partial charge on any atom is 0.146 e. The van der Waals surface area contributed by atoms with Gasteiger partial charge in [-0.25, -0.2) is 0 Å². The maximum absolute atomic E-state index is 5.79. The minimum Gasteiger partial charge on any atom is -0.422 e. The van der Waals surface area contributed by atoms with Crippen LogP contribution >= 0.6 is 0 Å². The van der Waals surface area contributed by atoms with Crippen molar-refractivity contribution in [3.8, 4) is 0 Å². The standard InChI is InChI=1S/C13H28OSi/c1-4-7-8-9-10-11-12-13(5-2,6-3)14-15/h4H,1,5-12H2,2-3,15H3. The lowest BCUT2D eigenvalue weighted by Gasteiger charge is -2.31. The zero-order chi connectivity index (χ0) is 11.6. The number of allylic oxidation sites excluding steroid dienone is 1. The van der Waals surface area contributed by atoms with Gasteiger partial charge in [-0.2, -0.15) is 0 Å². The first-order valence-corrected chi connectivity index (χ1v) is 7.22. The molecule has 0 aliphatic heterocycles. The smallest absolute Gasteiger partial charge is 0.146 e. The Hall–Kier alpha value is -0.0831. The normalized spacial score (nSPS) is 11.9. The second-order valence-corrected chi connectivity index (χ2v) is 4.74. The van der Waals surface area contributed by atoms with E-state index in [0.717, 1.165) is 10.5 Å². The van der Waals surface area contributed by atoms with Crippen molar-refractivity contribution < 1.29 is 4.43 Å². The van der Waals surface area contributed by atoms with Crippen molar-refractivity contribution in [3.63, 3.8) is 0 Å². The molecule has 0 N–H and O–H groups in total. The number of unbranched alkanes of at least 4 members (excludes halogenated alkanes) is 4. The third-order valence-corrected chi connectivity index (χ3v) is 4.38. The van der Waals surface area contributed by atoms with Gasteiger partial charge >= 0.3 is 0 Å². The van der Waals surface area contributed by atoms with Crippen LogP contribution in [0.5, 0.6) is 0 Å². The van der Waals surface area contributed by atoms with E-state index in [1.165, 1.54) is 51.4 Å². The molecule has 0 bridgehead atoms. The molecule has 90 valence electrons. The largest absolute Gasteiger partial charge is 0.422 e. The molecule has 0 rings (SSSR count). The SMILES string of the molecule is C=CCCCCCCC(CC)(CC)O[SiH3]. The van der Waals surface area contributed by atoms with Crippen LogP contribution in [0.1, 0.15) is 65.2 Å². The summed E-state index contributed by atoms with van der Waals surface area (Å²) >= 11 is 0. The van der Waals surface area contributed by atoms with E-state index in [2.05, 4.69) is 20.4 Å². The van der Waals surface area contributed by atoms with Crippen LogP contribution in [0.15, 0.2) is 12.7 Å². The van der Waals surface area contributed by atoms with Crippen molar-refractivity contribution in [1.29, 1.82) is 0 Å². The Bertz CT molecular complexity index is 144. The van der Waals surface area contributed by atoms with E-state index in [4.69, 9.17) is 4.43 Å². The van der Waals surface area contributed by atoms with Crippen LogP contribution in [0.3, 0.4) is 0 Å². The molecule has 0 spiro atoms. The summed E-state index contributed by atoms with van der Waals surface area (Å²) in [4.78, 5) is 0. The Morgan fingerprint density at radius 2 is 1.73 bits per heavy atom. The highest BCUT2D eigenvalue weighted by Gasteiger charge is 2.23. The molecule has 0 aliphatic rings. The molecule has 0 atom stereocenters. The summed E-state index contributed by atoms with van der Waals surface area (Å²) in [7, 11) is 0.872. The zero-order valence-corrected chi connectivity index (χ0v) is 12.8. The van der Waals surface area contributed by atoms with Gasteiger partial charge in [-0.3, -0.25) is 0 Å². The fraction of sp³-hybridized carbons (Fsp3) is 0.846. The van der Waals surface area contributed by atoms with Crippen LogP contribution < -0.4 is 0 Å². The highest BCUT2D eigenvalue weighted by atomic mass is 28.2. The van der Waals surface area contributed by atoms with E-state index >= 15 is 0 Å². The second kappa shape index (κ2) is 9.17. The molecule has 15 heavy (non-hydrogen) atoms. The van der Waals surface area contributed by atoms with Crippen molar-refractivity contribution in [2.75, 3.05) is 0 Å². The molecule has 0 radical (unpaired) electrons. The summed E-state index contributed by atoms with van der Waals surface area (Å²) in [6.07, 6.45) is 12.1. The Morgan fingerprint density at radius 1 is 1.13 bits per heavy atom. The van der Waals surface area contributed by atoms with Crippen LogP contribution in [0.4, 0.5) is 0 Å². The Balaban J connectivity index is 3.58. The van der Waals surface area contributed by atoms with Crippen molar-refractivity contribution in [2.24, 2.45) is 0 Å². The highest BCUT2D eigenvalue weighted by molar-refractivity contribution is 5.98. The van der Waals surface area contributed by atoms with Crippen LogP contribution in [-0.2, 0) is 4.43 Å². The summed E-state index contributed by atoms with van der Waals surface area (Å²) in [6.45, 7) is 8.24. The summed E-state index contributed by atoms with van der Waals surface area (Å²) in [5.41, 5.74) is 0.213. The van der Waals surface area contributed by atoms with E-state index in [9.17, 15) is 0 Å². The molecule has 1 nitrogen and oxygen atoms in total. The molecule has 0 amide bonds. The van der Waals surface area contributed by atoms with E-state index in [-0.39, 0.29) is 5.60 Å². The molecule has 0 saturated carbocycles. The van der Waals surface area contributed by atoms with Gasteiger partial charge in [0.1, 0.15) is 10.5 Å². The van der Waals surface area contributed by atoms with Crippen molar-refractivity contribution in [1.82, 2.24) is 0 Å². The first-order valence-electron chi connectivity index (χ1n) is 6.40. The summed E-state index contributed by atoms with van der Waals surface area (Å²) in [6, 6.07) is 0. The Labute approximate surface area is 98.8 Å². The predicted octanol–water partition coefficient (Wildman–Crippen LogP) is 3.37. The van der Waals surface area contributed by atoms with Gasteiger partial charge in [0.15, 0.2) is 0 Å². The lowest BCUT2D eigenvalue weighted by Crippen LogP contribution is -2.30. The minimum absolute atomic E-state index is 0.213. The van der Waals surface area contributed by atoms with Gasteiger partial charge in [-0.1, -0.05) is 39.2 Å². The van der Waals surface area contributed by atoms with Crippen molar-refractivity contribution in [2.45, 2.75) is 70.8 Å². The van der Waals surface area contributed by atoms with Crippen molar-refractivity contribution in [3.05, 3.63) is 12.7 Å². The third-order valence-electron chi connectivity index (χ3n) is 3.51. The van der Waals surface area contributed by atoms with Gasteiger partial charge < -0.3 is 4.43 Å². The maximum atomic E-state index is 5.79. The molecule has 2 heteroatoms. The molecule has 0 aromatic heterocycles. The molecule has 0 saturated heterocycles. The Morgan fingerprint density at radius 3 is 2.20 bits per heavy atom. The van der Waals surface area contributed by atoms with Crippen molar-refractivity contribution >= 4 is 10.5 Å². The van der Waals surface area contributed by atoms with E-state index in [1.807, 2.05) is 6.08 Å². The molecule has 0 fully saturated rings. The van der Waals surface area contributed by atoms with Crippen LogP contribution in [-0.4, -0.2) is 16.1 Å². The average Bonchev–Trinajstić information content (AvgIpc) is 2.29. The summed E-state index contributed by atoms with van der Waals surface area (Å²) < 4.78 is 5.79. The quantitative estimate of drug-likeness (QED) is 0.316. The fourth-order valence-electron chi connectivity index (χ4n) is 2.08. The number of hydrogen-bond donors (Lipinski definition) is 0. The first-order chi connectivity index (χ1) is 7.24. The molecule has 0 aliphatic carbocycles. The monoisotopic (exact) mass is 228 g/mol. The lowest BCUT2D eigenvalue weighted by atomic mass is 9.90. The molecule has 0 unspecified atom stereocenters. The zero-order valence-electron chi connectivity index (χ0n) is 10.8. The van der Waals surface area contributed by atoms with E-state index < -0.39 is 0 Å². The molecule has 0 aromatic carbocycles. The second-order valence-electron chi connectivity index (χ2n) is 4.34. The third kappa shape index (κ3) is 6.16. The lowest BCUT2D eigenvalue weighted by molar-refractivity contribution is 0.0583. The van der Waals surface area contributed by atoms with E-state index in [1.54, 1.807) is 0 Å². The fourth-order valence-corrected chi connectivity index (χ4v) is 2.87. The highest BCUT2D eigenvalue weighted by Crippen LogP contribution is 2.26. The minimum atomic E-state index is 0.213. The van der Waals surface area contributed by atoms with Gasteiger partial charge in [-0.05, 0) is 32.1 Å². The Kier molecular flexibility index (Phi) is 9.11. The summed E-state index contributed by atoms with van der Waals surface area (Å²) in [5.74, 6) is 0. The van der Waals surface area contributed by atoms with Gasteiger partial charge in [0, 0.05) is 0 Å². The number of rotatable bonds is 10. The summed E-state index contributed by atoms with van der Waals surface area (Å²) in [5, 5.41) is 0. The van der Waals surface area contributed by atoms with Gasteiger partial charge in [0.25, 0.3) is 0 Å².